The van der Waals surface area contributed by atoms with E-state index in [0.717, 1.165) is 5.56 Å². The van der Waals surface area contributed by atoms with Crippen LogP contribution in [0.5, 0.6) is 11.5 Å². The van der Waals surface area contributed by atoms with Gasteiger partial charge in [-0.05, 0) is 50.0 Å². The summed E-state index contributed by atoms with van der Waals surface area (Å²) in [6.07, 6.45) is 0. The molecule has 0 aliphatic carbocycles. The van der Waals surface area contributed by atoms with Gasteiger partial charge in [-0.2, -0.15) is 0 Å². The zero-order valence-electron chi connectivity index (χ0n) is 17.2. The Morgan fingerprint density at radius 1 is 0.967 bits per heavy atom. The molecule has 0 bridgehead atoms. The van der Waals surface area contributed by atoms with Crippen LogP contribution in [-0.2, 0) is 0 Å². The van der Waals surface area contributed by atoms with Crippen LogP contribution < -0.4 is 25.9 Å². The Bertz CT molecular complexity index is 1180. The van der Waals surface area contributed by atoms with Crippen LogP contribution in [0.25, 0.3) is 11.0 Å². The Morgan fingerprint density at radius 2 is 1.63 bits per heavy atom. The minimum Gasteiger partial charge on any atom is -0.493 e. The minimum absolute atomic E-state index is 0.106. The molecule has 158 valence electrons. The van der Waals surface area contributed by atoms with Gasteiger partial charge < -0.3 is 29.7 Å². The van der Waals surface area contributed by atoms with Crippen molar-refractivity contribution in [2.75, 3.05) is 34.9 Å². The van der Waals surface area contributed by atoms with Gasteiger partial charge in [0.15, 0.2) is 11.5 Å². The lowest BCUT2D eigenvalue weighted by molar-refractivity contribution is 0.0942. The molecule has 0 spiro atoms. The highest BCUT2D eigenvalue weighted by molar-refractivity contribution is 5.97. The molecule has 0 saturated heterocycles. The van der Waals surface area contributed by atoms with Crippen LogP contribution in [0.3, 0.4) is 0 Å². The number of H-pyrrole nitrogens is 2. The highest BCUT2D eigenvalue weighted by atomic mass is 16.5. The van der Waals surface area contributed by atoms with Crippen LogP contribution in [0.1, 0.15) is 22.0 Å². The maximum absolute atomic E-state index is 12.7. The first-order valence-corrected chi connectivity index (χ1v) is 9.27. The molecule has 30 heavy (non-hydrogen) atoms. The molecule has 3 N–H and O–H groups in total. The van der Waals surface area contributed by atoms with Gasteiger partial charge in [0, 0.05) is 12.1 Å². The number of hydrogen-bond acceptors (Lipinski definition) is 6. The maximum atomic E-state index is 12.7. The van der Waals surface area contributed by atoms with E-state index < -0.39 is 11.1 Å². The number of amides is 1. The van der Waals surface area contributed by atoms with Gasteiger partial charge in [0.1, 0.15) is 0 Å². The number of benzene rings is 2. The first kappa shape index (κ1) is 21.1. The average Bonchev–Trinajstić information content (AvgIpc) is 2.73. The molecule has 0 aliphatic heterocycles. The van der Waals surface area contributed by atoms with Crippen molar-refractivity contribution in [3.8, 4) is 11.5 Å². The summed E-state index contributed by atoms with van der Waals surface area (Å²) in [6, 6.07) is 10.2. The Hall–Kier alpha value is -3.59. The summed E-state index contributed by atoms with van der Waals surface area (Å²) < 4.78 is 10.7. The third-order valence-corrected chi connectivity index (χ3v) is 4.86. The third-order valence-electron chi connectivity index (χ3n) is 4.86. The number of aromatic nitrogens is 2. The summed E-state index contributed by atoms with van der Waals surface area (Å²) >= 11 is 0. The largest absolute Gasteiger partial charge is 0.493 e. The summed E-state index contributed by atoms with van der Waals surface area (Å²) in [6.45, 7) is 0.349. The van der Waals surface area contributed by atoms with E-state index in [0.29, 0.717) is 34.6 Å². The third kappa shape index (κ3) is 4.36. The second kappa shape index (κ2) is 8.83. The van der Waals surface area contributed by atoms with Crippen LogP contribution in [0.15, 0.2) is 46.0 Å². The summed E-state index contributed by atoms with van der Waals surface area (Å²) in [5.74, 6) is 0.947. The van der Waals surface area contributed by atoms with E-state index in [1.165, 1.54) is 6.07 Å². The van der Waals surface area contributed by atoms with Gasteiger partial charge in [0.2, 0.25) is 0 Å². The number of likely N-dealkylation sites (N-methyl/N-ethyl adjacent to an activating group) is 1. The van der Waals surface area contributed by atoms with E-state index in [9.17, 15) is 14.4 Å². The molecule has 1 aromatic heterocycles. The number of nitrogens with zero attached hydrogens (tertiary/aromatic N) is 1. The van der Waals surface area contributed by atoms with Crippen molar-refractivity contribution in [2.24, 2.45) is 0 Å². The van der Waals surface area contributed by atoms with Gasteiger partial charge in [0.25, 0.3) is 5.91 Å². The van der Waals surface area contributed by atoms with Gasteiger partial charge in [-0.1, -0.05) is 6.07 Å². The smallest absolute Gasteiger partial charge is 0.314 e. The van der Waals surface area contributed by atoms with Gasteiger partial charge in [0.05, 0.1) is 31.3 Å². The first-order valence-electron chi connectivity index (χ1n) is 9.27. The normalized spacial score (nSPS) is 12.0. The van der Waals surface area contributed by atoms with Crippen LogP contribution in [0, 0.1) is 0 Å². The molecule has 0 radical (unpaired) electrons. The standard InChI is InChI=1S/C21H24N4O5/c1-25(2)16(12-6-8-17(29-3)18(10-12)30-4)11-22-19(26)13-5-7-14-15(9-13)24-21(28)20(27)23-14/h5-10,16H,11H2,1-4H3,(H,22,26)(H,23,27)(H,24,28). The number of nitrogens with one attached hydrogen (secondary N) is 3. The summed E-state index contributed by atoms with van der Waals surface area (Å²) in [5.41, 5.74) is 0.668. The van der Waals surface area contributed by atoms with E-state index in [2.05, 4.69) is 15.3 Å². The van der Waals surface area contributed by atoms with Crippen LogP contribution >= 0.6 is 0 Å². The van der Waals surface area contributed by atoms with Crippen LogP contribution in [-0.4, -0.2) is 55.6 Å². The van der Waals surface area contributed by atoms with Crippen molar-refractivity contribution in [3.05, 3.63) is 68.2 Å². The number of aromatic amines is 2. The molecule has 1 atom stereocenters. The molecule has 1 unspecified atom stereocenters. The fourth-order valence-corrected chi connectivity index (χ4v) is 3.21. The number of rotatable bonds is 7. The van der Waals surface area contributed by atoms with Crippen LogP contribution in [0.2, 0.25) is 0 Å². The monoisotopic (exact) mass is 412 g/mol. The second-order valence-electron chi connectivity index (χ2n) is 6.97. The number of carbonyl (C=O) groups excluding carboxylic acids is 1. The summed E-state index contributed by atoms with van der Waals surface area (Å²) in [4.78, 5) is 42.6. The average molecular weight is 412 g/mol. The Balaban J connectivity index is 1.80. The van der Waals surface area contributed by atoms with Gasteiger partial charge in [-0.3, -0.25) is 14.4 Å². The van der Waals surface area contributed by atoms with Gasteiger partial charge in [-0.25, -0.2) is 0 Å². The lowest BCUT2D eigenvalue weighted by Crippen LogP contribution is -2.34. The summed E-state index contributed by atoms with van der Waals surface area (Å²) in [5, 5.41) is 2.92. The van der Waals surface area contributed by atoms with Crippen molar-refractivity contribution < 1.29 is 14.3 Å². The molecule has 3 rings (SSSR count). The lowest BCUT2D eigenvalue weighted by Gasteiger charge is -2.26. The molecule has 9 heteroatoms. The Morgan fingerprint density at radius 3 is 2.27 bits per heavy atom. The Kier molecular flexibility index (Phi) is 6.22. The molecule has 9 nitrogen and oxygen atoms in total. The zero-order valence-corrected chi connectivity index (χ0v) is 17.2. The van der Waals surface area contributed by atoms with Crippen molar-refractivity contribution >= 4 is 16.9 Å². The first-order chi connectivity index (χ1) is 14.3. The Labute approximate surface area is 172 Å². The predicted octanol–water partition coefficient (Wildman–Crippen LogP) is 1.27. The molecule has 1 heterocycles. The van der Waals surface area contributed by atoms with E-state index >= 15 is 0 Å². The van der Waals surface area contributed by atoms with Gasteiger partial charge >= 0.3 is 11.1 Å². The minimum atomic E-state index is -0.763. The number of carbonyl (C=O) groups is 1. The molecule has 0 saturated carbocycles. The van der Waals surface area contributed by atoms with Crippen LogP contribution in [0.4, 0.5) is 0 Å². The number of fused-ring (bicyclic) bond motifs is 1. The van der Waals surface area contributed by atoms with E-state index in [1.807, 2.05) is 37.2 Å². The molecule has 0 fully saturated rings. The number of methoxy groups -OCH3 is 2. The quantitative estimate of drug-likeness (QED) is 0.503. The fraction of sp³-hybridized carbons (Fsp3) is 0.286. The highest BCUT2D eigenvalue weighted by Gasteiger charge is 2.18. The molecule has 2 aromatic carbocycles. The van der Waals surface area contributed by atoms with E-state index in [1.54, 1.807) is 26.4 Å². The summed E-state index contributed by atoms with van der Waals surface area (Å²) in [7, 11) is 6.99. The zero-order chi connectivity index (χ0) is 21.8. The molecule has 3 aromatic rings. The maximum Gasteiger partial charge on any atom is 0.314 e. The van der Waals surface area contributed by atoms with Crippen molar-refractivity contribution in [3.63, 3.8) is 0 Å². The fourth-order valence-electron chi connectivity index (χ4n) is 3.21. The van der Waals surface area contributed by atoms with Crippen molar-refractivity contribution in [1.82, 2.24) is 20.2 Å². The predicted molar refractivity (Wildman–Crippen MR) is 113 cm³/mol. The highest BCUT2D eigenvalue weighted by Crippen LogP contribution is 2.31. The SMILES string of the molecule is COc1ccc(C(CNC(=O)c2ccc3[nH]c(=O)c(=O)[nH]c3c2)N(C)C)cc1OC. The van der Waals surface area contributed by atoms with Gasteiger partial charge in [-0.15, -0.1) is 0 Å². The lowest BCUT2D eigenvalue weighted by atomic mass is 10.0. The van der Waals surface area contributed by atoms with E-state index in [4.69, 9.17) is 9.47 Å². The second-order valence-corrected chi connectivity index (χ2v) is 6.97. The molecule has 0 aliphatic rings. The van der Waals surface area contributed by atoms with Crippen molar-refractivity contribution in [1.29, 1.82) is 0 Å². The molecular formula is C21H24N4O5. The number of ether oxygens (including phenoxy) is 2. The van der Waals surface area contributed by atoms with E-state index in [-0.39, 0.29) is 11.9 Å². The topological polar surface area (TPSA) is 117 Å². The molecular weight excluding hydrogens is 388 g/mol. The number of hydrogen-bond donors (Lipinski definition) is 3. The molecule has 1 amide bonds. The van der Waals surface area contributed by atoms with Crippen molar-refractivity contribution in [2.45, 2.75) is 6.04 Å².